The third-order valence-electron chi connectivity index (χ3n) is 2.44. The van der Waals surface area contributed by atoms with Crippen LogP contribution in [0, 0.1) is 6.92 Å². The number of benzene rings is 1. The Kier molecular flexibility index (Phi) is 3.69. The molecule has 1 heterocycles. The van der Waals surface area contributed by atoms with Crippen LogP contribution in [-0.4, -0.2) is 16.0 Å². The molecule has 94 valence electrons. The number of hydrogen-bond donors (Lipinski definition) is 2. The molecule has 0 saturated heterocycles. The number of carbonyl (C=O) groups excluding carboxylic acids is 1. The van der Waals surface area contributed by atoms with Gasteiger partial charge in [0.15, 0.2) is 5.82 Å². The maximum Gasteiger partial charge on any atom is 0.249 e. The largest absolute Gasteiger partial charge is 0.366 e. The van der Waals surface area contributed by atoms with E-state index in [4.69, 9.17) is 10.3 Å². The van der Waals surface area contributed by atoms with Gasteiger partial charge in [-0.3, -0.25) is 4.79 Å². The molecule has 2 aromatic rings. The van der Waals surface area contributed by atoms with Crippen LogP contribution in [0.5, 0.6) is 0 Å². The Morgan fingerprint density at radius 2 is 2.17 bits per heavy atom. The summed E-state index contributed by atoms with van der Waals surface area (Å²) in [6.45, 7) is 2.73. The zero-order chi connectivity index (χ0) is 13.0. The Labute approximate surface area is 104 Å². The van der Waals surface area contributed by atoms with Crippen LogP contribution >= 0.6 is 0 Å². The van der Waals surface area contributed by atoms with E-state index >= 15 is 0 Å². The minimum Gasteiger partial charge on any atom is -0.366 e. The summed E-state index contributed by atoms with van der Waals surface area (Å²) in [7, 11) is 0. The second-order valence-electron chi connectivity index (χ2n) is 3.86. The first kappa shape index (κ1) is 12.3. The van der Waals surface area contributed by atoms with E-state index in [1.807, 2.05) is 12.1 Å². The molecular weight excluding hydrogens is 232 g/mol. The molecule has 0 fully saturated rings. The second-order valence-corrected chi connectivity index (χ2v) is 3.86. The molecule has 1 aromatic carbocycles. The third kappa shape index (κ3) is 2.92. The molecule has 6 heteroatoms. The van der Waals surface area contributed by atoms with E-state index in [-0.39, 0.29) is 0 Å². The molecule has 0 radical (unpaired) electrons. The van der Waals surface area contributed by atoms with E-state index in [0.29, 0.717) is 30.4 Å². The standard InChI is InChI=1S/C12H14N4O2/c1-8-15-11(18-16-8)7-14-6-9-4-2-3-5-10(9)12(13)17/h2-5,14H,6-7H2,1H3,(H2,13,17). The van der Waals surface area contributed by atoms with E-state index in [1.165, 1.54) is 0 Å². The molecule has 0 spiro atoms. The fraction of sp³-hybridized carbons (Fsp3) is 0.250. The SMILES string of the molecule is Cc1noc(CNCc2ccccc2C(N)=O)n1. The summed E-state index contributed by atoms with van der Waals surface area (Å²) in [5.41, 5.74) is 6.66. The van der Waals surface area contributed by atoms with Gasteiger partial charge in [-0.1, -0.05) is 23.4 Å². The molecule has 0 unspecified atom stereocenters. The molecule has 0 bridgehead atoms. The fourth-order valence-electron chi connectivity index (χ4n) is 1.63. The van der Waals surface area contributed by atoms with Crippen molar-refractivity contribution in [3.05, 3.63) is 47.1 Å². The molecule has 0 atom stereocenters. The summed E-state index contributed by atoms with van der Waals surface area (Å²) in [5.74, 6) is 0.689. The molecule has 18 heavy (non-hydrogen) atoms. The first-order chi connectivity index (χ1) is 8.66. The van der Waals surface area contributed by atoms with Gasteiger partial charge in [-0.15, -0.1) is 0 Å². The summed E-state index contributed by atoms with van der Waals surface area (Å²) in [5, 5.41) is 6.81. The van der Waals surface area contributed by atoms with Gasteiger partial charge in [-0.25, -0.2) is 0 Å². The number of aryl methyl sites for hydroxylation is 1. The first-order valence-corrected chi connectivity index (χ1v) is 5.54. The van der Waals surface area contributed by atoms with Crippen LogP contribution in [-0.2, 0) is 13.1 Å². The number of amides is 1. The summed E-state index contributed by atoms with van der Waals surface area (Å²) >= 11 is 0. The summed E-state index contributed by atoms with van der Waals surface area (Å²) in [6, 6.07) is 7.20. The second kappa shape index (κ2) is 5.42. The van der Waals surface area contributed by atoms with Gasteiger partial charge in [0.25, 0.3) is 0 Å². The van der Waals surface area contributed by atoms with Gasteiger partial charge in [0.2, 0.25) is 11.8 Å². The van der Waals surface area contributed by atoms with E-state index in [0.717, 1.165) is 5.56 Å². The lowest BCUT2D eigenvalue weighted by Crippen LogP contribution is -2.18. The predicted molar refractivity (Wildman–Crippen MR) is 64.5 cm³/mol. The molecule has 0 aliphatic carbocycles. The zero-order valence-electron chi connectivity index (χ0n) is 10.0. The smallest absolute Gasteiger partial charge is 0.249 e. The van der Waals surface area contributed by atoms with Gasteiger partial charge in [0.1, 0.15) is 0 Å². The Morgan fingerprint density at radius 3 is 2.83 bits per heavy atom. The van der Waals surface area contributed by atoms with Crippen LogP contribution in [0.4, 0.5) is 0 Å². The van der Waals surface area contributed by atoms with Crippen LogP contribution in [0.1, 0.15) is 27.6 Å². The van der Waals surface area contributed by atoms with Gasteiger partial charge in [-0.2, -0.15) is 4.98 Å². The number of nitrogens with one attached hydrogen (secondary N) is 1. The Bertz CT molecular complexity index is 551. The number of primary amides is 1. The number of hydrogen-bond acceptors (Lipinski definition) is 5. The summed E-state index contributed by atoms with van der Waals surface area (Å²) in [6.07, 6.45) is 0. The summed E-state index contributed by atoms with van der Waals surface area (Å²) in [4.78, 5) is 15.3. The van der Waals surface area contributed by atoms with Crippen LogP contribution in [0.2, 0.25) is 0 Å². The molecule has 0 aliphatic rings. The van der Waals surface area contributed by atoms with Gasteiger partial charge in [0, 0.05) is 12.1 Å². The monoisotopic (exact) mass is 246 g/mol. The fourth-order valence-corrected chi connectivity index (χ4v) is 1.63. The number of carbonyl (C=O) groups is 1. The first-order valence-electron chi connectivity index (χ1n) is 5.54. The van der Waals surface area contributed by atoms with Crippen molar-refractivity contribution in [2.75, 3.05) is 0 Å². The van der Waals surface area contributed by atoms with Crippen LogP contribution < -0.4 is 11.1 Å². The molecule has 3 N–H and O–H groups in total. The van der Waals surface area contributed by atoms with E-state index < -0.39 is 5.91 Å². The highest BCUT2D eigenvalue weighted by atomic mass is 16.5. The average molecular weight is 246 g/mol. The molecule has 1 amide bonds. The van der Waals surface area contributed by atoms with Crippen molar-refractivity contribution in [2.24, 2.45) is 5.73 Å². The average Bonchev–Trinajstić information content (AvgIpc) is 2.75. The summed E-state index contributed by atoms with van der Waals surface area (Å²) < 4.78 is 4.96. The predicted octanol–water partition coefficient (Wildman–Crippen LogP) is 0.767. The van der Waals surface area contributed by atoms with Crippen molar-refractivity contribution in [1.82, 2.24) is 15.5 Å². The molecule has 1 aromatic heterocycles. The minimum absolute atomic E-state index is 0.430. The lowest BCUT2D eigenvalue weighted by molar-refractivity contribution is 0.0999. The number of nitrogens with zero attached hydrogens (tertiary/aromatic N) is 2. The molecule has 0 saturated carbocycles. The highest BCUT2D eigenvalue weighted by molar-refractivity contribution is 5.94. The Morgan fingerprint density at radius 1 is 1.39 bits per heavy atom. The van der Waals surface area contributed by atoms with Gasteiger partial charge < -0.3 is 15.6 Å². The highest BCUT2D eigenvalue weighted by Crippen LogP contribution is 2.07. The molecule has 6 nitrogen and oxygen atoms in total. The van der Waals surface area contributed by atoms with Crippen LogP contribution in [0.15, 0.2) is 28.8 Å². The quantitative estimate of drug-likeness (QED) is 0.812. The van der Waals surface area contributed by atoms with Crippen molar-refractivity contribution in [3.8, 4) is 0 Å². The number of rotatable bonds is 5. The Balaban J connectivity index is 1.96. The van der Waals surface area contributed by atoms with E-state index in [2.05, 4.69) is 15.5 Å². The Hall–Kier alpha value is -2.21. The van der Waals surface area contributed by atoms with Gasteiger partial charge in [0.05, 0.1) is 6.54 Å². The van der Waals surface area contributed by atoms with Crippen molar-refractivity contribution in [2.45, 2.75) is 20.0 Å². The van der Waals surface area contributed by atoms with Crippen LogP contribution in [0.25, 0.3) is 0 Å². The third-order valence-corrected chi connectivity index (χ3v) is 2.44. The van der Waals surface area contributed by atoms with Crippen molar-refractivity contribution in [3.63, 3.8) is 0 Å². The van der Waals surface area contributed by atoms with Crippen molar-refractivity contribution in [1.29, 1.82) is 0 Å². The van der Waals surface area contributed by atoms with Gasteiger partial charge in [-0.05, 0) is 18.6 Å². The molecular formula is C12H14N4O2. The van der Waals surface area contributed by atoms with Crippen molar-refractivity contribution < 1.29 is 9.32 Å². The maximum atomic E-state index is 11.2. The van der Waals surface area contributed by atoms with E-state index in [1.54, 1.807) is 19.1 Å². The number of aromatic nitrogens is 2. The normalized spacial score (nSPS) is 10.5. The highest BCUT2D eigenvalue weighted by Gasteiger charge is 2.07. The molecule has 0 aliphatic heterocycles. The minimum atomic E-state index is -0.430. The van der Waals surface area contributed by atoms with E-state index in [9.17, 15) is 4.79 Å². The van der Waals surface area contributed by atoms with Crippen molar-refractivity contribution >= 4 is 5.91 Å². The lowest BCUT2D eigenvalue weighted by atomic mass is 10.1. The zero-order valence-corrected chi connectivity index (χ0v) is 10.0. The number of nitrogens with two attached hydrogens (primary N) is 1. The topological polar surface area (TPSA) is 94.0 Å². The lowest BCUT2D eigenvalue weighted by Gasteiger charge is -2.06. The molecule has 2 rings (SSSR count). The van der Waals surface area contributed by atoms with Gasteiger partial charge >= 0.3 is 0 Å². The van der Waals surface area contributed by atoms with Crippen LogP contribution in [0.3, 0.4) is 0 Å². The maximum absolute atomic E-state index is 11.2.